The summed E-state index contributed by atoms with van der Waals surface area (Å²) in [5.74, 6) is 6.06. The van der Waals surface area contributed by atoms with Gasteiger partial charge in [0.25, 0.3) is 0 Å². The smallest absolute Gasteiger partial charge is 0.128 e. The van der Waals surface area contributed by atoms with Gasteiger partial charge in [-0.3, -0.25) is 0 Å². The maximum absolute atomic E-state index is 6.55. The third kappa shape index (κ3) is 10.4. The minimum Gasteiger partial charge on any atom is -0.361 e. The van der Waals surface area contributed by atoms with Gasteiger partial charge in [0.05, 0.1) is 23.7 Å². The van der Waals surface area contributed by atoms with Gasteiger partial charge in [-0.15, -0.1) is 12.8 Å². The van der Waals surface area contributed by atoms with Crippen LogP contribution in [0, 0.1) is 24.7 Å². The van der Waals surface area contributed by atoms with E-state index >= 15 is 0 Å². The van der Waals surface area contributed by atoms with Crippen molar-refractivity contribution < 1.29 is 9.47 Å². The van der Waals surface area contributed by atoms with Crippen LogP contribution in [-0.4, -0.2) is 84.0 Å². The first-order chi connectivity index (χ1) is 17.5. The van der Waals surface area contributed by atoms with Crippen molar-refractivity contribution in [3.05, 3.63) is 0 Å². The highest BCUT2D eigenvalue weighted by molar-refractivity contribution is 8.77. The van der Waals surface area contributed by atoms with E-state index in [1.54, 1.807) is 0 Å². The fourth-order valence-electron chi connectivity index (χ4n) is 5.33. The van der Waals surface area contributed by atoms with Gasteiger partial charge in [0.2, 0.25) is 0 Å². The summed E-state index contributed by atoms with van der Waals surface area (Å²) in [6.07, 6.45) is 23.2. The molecule has 2 rings (SSSR count). The number of rotatable bonds is 17. The van der Waals surface area contributed by atoms with Crippen molar-refractivity contribution in [3.63, 3.8) is 0 Å². The van der Waals surface area contributed by atoms with Gasteiger partial charge in [-0.05, 0) is 77.5 Å². The van der Waals surface area contributed by atoms with Gasteiger partial charge in [-0.25, -0.2) is 0 Å². The average molecular weight is 537 g/mol. The lowest BCUT2D eigenvalue weighted by Gasteiger charge is -2.36. The lowest BCUT2D eigenvalue weighted by atomic mass is 9.85. The molecule has 0 aromatic rings. The molecule has 0 radical (unpaired) electrons. The molecule has 6 heteroatoms. The van der Waals surface area contributed by atoms with Crippen molar-refractivity contribution >= 4 is 21.6 Å². The van der Waals surface area contributed by atoms with Gasteiger partial charge >= 0.3 is 0 Å². The highest BCUT2D eigenvalue weighted by atomic mass is 33.1. The molecule has 0 saturated heterocycles. The van der Waals surface area contributed by atoms with Crippen LogP contribution in [0.2, 0.25) is 0 Å². The fourth-order valence-corrected chi connectivity index (χ4v) is 8.08. The zero-order valence-corrected chi connectivity index (χ0v) is 25.2. The monoisotopic (exact) mass is 536 g/mol. The van der Waals surface area contributed by atoms with E-state index < -0.39 is 0 Å². The molecular formula is C30H52N2O2S2. The molecule has 0 aliphatic heterocycles. The van der Waals surface area contributed by atoms with Gasteiger partial charge in [0.1, 0.15) is 11.2 Å². The van der Waals surface area contributed by atoms with E-state index in [1.807, 2.05) is 21.6 Å². The van der Waals surface area contributed by atoms with E-state index in [0.717, 1.165) is 65.0 Å². The summed E-state index contributed by atoms with van der Waals surface area (Å²) in [4.78, 5) is 4.99. The molecule has 0 spiro atoms. The second-order valence-electron chi connectivity index (χ2n) is 10.4. The van der Waals surface area contributed by atoms with Crippen LogP contribution in [0.15, 0.2) is 0 Å². The molecule has 36 heavy (non-hydrogen) atoms. The van der Waals surface area contributed by atoms with Crippen molar-refractivity contribution in [1.82, 2.24) is 9.80 Å². The minimum absolute atomic E-state index is 0.359. The number of nitrogens with zero attached hydrogens (tertiary/aromatic N) is 2. The highest BCUT2D eigenvalue weighted by Crippen LogP contribution is 2.37. The first-order valence-corrected chi connectivity index (χ1v) is 16.8. The van der Waals surface area contributed by atoms with E-state index in [-0.39, 0.29) is 11.2 Å². The molecule has 2 atom stereocenters. The number of terminal acetylenes is 2. The summed E-state index contributed by atoms with van der Waals surface area (Å²) in [6.45, 7) is 16.6. The lowest BCUT2D eigenvalue weighted by Crippen LogP contribution is -2.40. The van der Waals surface area contributed by atoms with Crippen LogP contribution in [0.5, 0.6) is 0 Å². The largest absolute Gasteiger partial charge is 0.361 e. The van der Waals surface area contributed by atoms with Crippen molar-refractivity contribution in [2.24, 2.45) is 0 Å². The third-order valence-corrected chi connectivity index (χ3v) is 11.2. The summed E-state index contributed by atoms with van der Waals surface area (Å²) in [5.41, 5.74) is -0.732. The summed E-state index contributed by atoms with van der Waals surface area (Å²) in [6, 6.07) is 0. The number of ether oxygens (including phenoxy) is 2. The molecule has 0 amide bonds. The van der Waals surface area contributed by atoms with Crippen molar-refractivity contribution in [2.75, 3.05) is 52.5 Å². The van der Waals surface area contributed by atoms with Crippen LogP contribution in [0.3, 0.4) is 0 Å². The van der Waals surface area contributed by atoms with Crippen LogP contribution >= 0.6 is 21.6 Å². The van der Waals surface area contributed by atoms with E-state index in [2.05, 4.69) is 49.3 Å². The first-order valence-electron chi connectivity index (χ1n) is 14.5. The average Bonchev–Trinajstić information content (AvgIpc) is 2.94. The second kappa shape index (κ2) is 17.3. The molecule has 2 unspecified atom stereocenters. The molecular weight excluding hydrogens is 484 g/mol. The highest BCUT2D eigenvalue weighted by Gasteiger charge is 2.34. The number of hydrogen-bond donors (Lipinski definition) is 0. The fraction of sp³-hybridized carbons (Fsp3) is 0.867. The quantitative estimate of drug-likeness (QED) is 0.156. The van der Waals surface area contributed by atoms with Crippen LogP contribution in [0.25, 0.3) is 0 Å². The molecule has 0 aromatic heterocycles. The Labute approximate surface area is 231 Å². The molecule has 2 saturated carbocycles. The van der Waals surface area contributed by atoms with Gasteiger partial charge in [-0.1, -0.05) is 74.0 Å². The van der Waals surface area contributed by atoms with E-state index in [4.69, 9.17) is 22.3 Å². The Bertz CT molecular complexity index is 611. The SMILES string of the molecule is C#CC1(OCC(CN(CC)CC)SSC(COC2(C#C)CCCCC2)CN(CC)CC)CCCCC1. The summed E-state index contributed by atoms with van der Waals surface area (Å²) in [7, 11) is 3.93. The summed E-state index contributed by atoms with van der Waals surface area (Å²) >= 11 is 0. The third-order valence-electron chi connectivity index (χ3n) is 7.98. The summed E-state index contributed by atoms with van der Waals surface area (Å²) in [5, 5.41) is 0.718. The normalized spacial score (nSPS) is 21.1. The first kappa shape index (κ1) is 31.9. The molecule has 2 aliphatic carbocycles. The van der Waals surface area contributed by atoms with Gasteiger partial charge < -0.3 is 19.3 Å². The Hall–Kier alpha value is -0.340. The zero-order valence-electron chi connectivity index (χ0n) is 23.6. The van der Waals surface area contributed by atoms with Crippen molar-refractivity contribution in [3.8, 4) is 24.7 Å². The van der Waals surface area contributed by atoms with E-state index in [1.165, 1.54) is 38.5 Å². The molecule has 0 aromatic carbocycles. The minimum atomic E-state index is -0.366. The topological polar surface area (TPSA) is 24.9 Å². The van der Waals surface area contributed by atoms with Crippen LogP contribution in [0.1, 0.15) is 91.9 Å². The molecule has 2 aliphatic rings. The van der Waals surface area contributed by atoms with E-state index in [0.29, 0.717) is 23.7 Å². The molecule has 4 nitrogen and oxygen atoms in total. The van der Waals surface area contributed by atoms with Crippen LogP contribution in [0.4, 0.5) is 0 Å². The van der Waals surface area contributed by atoms with Crippen LogP contribution < -0.4 is 0 Å². The van der Waals surface area contributed by atoms with E-state index in [9.17, 15) is 0 Å². The molecule has 0 N–H and O–H groups in total. The Morgan fingerprint density at radius 3 is 1.25 bits per heavy atom. The van der Waals surface area contributed by atoms with Gasteiger partial charge in [-0.2, -0.15) is 0 Å². The molecule has 0 heterocycles. The molecule has 2 fully saturated rings. The predicted octanol–water partition coefficient (Wildman–Crippen LogP) is 6.49. The lowest BCUT2D eigenvalue weighted by molar-refractivity contribution is -0.0273. The standard InChI is InChI=1S/C30H52N2O2S2/c1-7-29(19-15-13-16-20-29)33-25-27(23-31(9-3)10-4)35-36-28(24-32(11-5)12-6)26-34-30(8-2)21-17-14-18-22-30/h1-2,27-28H,9-26H2,3-6H3. The Balaban J connectivity index is 2.05. The predicted molar refractivity (Wildman–Crippen MR) is 160 cm³/mol. The molecule has 206 valence electrons. The Morgan fingerprint density at radius 1 is 0.639 bits per heavy atom. The van der Waals surface area contributed by atoms with Gasteiger partial charge in [0.15, 0.2) is 0 Å². The van der Waals surface area contributed by atoms with Gasteiger partial charge in [0, 0.05) is 13.1 Å². The molecule has 0 bridgehead atoms. The second-order valence-corrected chi connectivity index (χ2v) is 13.3. The van der Waals surface area contributed by atoms with Crippen molar-refractivity contribution in [2.45, 2.75) is 114 Å². The zero-order chi connectivity index (χ0) is 26.3. The Kier molecular flexibility index (Phi) is 15.3. The maximum Gasteiger partial charge on any atom is 0.128 e. The van der Waals surface area contributed by atoms with Crippen molar-refractivity contribution in [1.29, 1.82) is 0 Å². The maximum atomic E-state index is 6.55. The van der Waals surface area contributed by atoms with Crippen LogP contribution in [-0.2, 0) is 9.47 Å². The summed E-state index contributed by atoms with van der Waals surface area (Å²) < 4.78 is 13.1. The number of hydrogen-bond acceptors (Lipinski definition) is 6. The Morgan fingerprint density at radius 2 is 0.972 bits per heavy atom.